The van der Waals surface area contributed by atoms with Gasteiger partial charge in [0, 0.05) is 36.8 Å². The smallest absolute Gasteiger partial charge is 0.261 e. The molecule has 1 saturated heterocycles. The van der Waals surface area contributed by atoms with Crippen LogP contribution in [-0.2, 0) is 14.3 Å². The molecule has 1 aromatic rings. The molecule has 1 aromatic carbocycles. The second-order valence-corrected chi connectivity index (χ2v) is 6.91. The third-order valence-corrected chi connectivity index (χ3v) is 5.25. The summed E-state index contributed by atoms with van der Waals surface area (Å²) in [6, 6.07) is 7.27. The van der Waals surface area contributed by atoms with Crippen LogP contribution in [0.25, 0.3) is 0 Å². The van der Waals surface area contributed by atoms with Gasteiger partial charge in [-0.3, -0.25) is 14.5 Å². The highest BCUT2D eigenvalue weighted by atomic mass is 16.5. The number of nitrogens with zero attached hydrogens (tertiary/aromatic N) is 2. The summed E-state index contributed by atoms with van der Waals surface area (Å²) in [5.41, 5.74) is 2.01. The van der Waals surface area contributed by atoms with Crippen molar-refractivity contribution in [3.8, 4) is 5.75 Å². The molecule has 2 heterocycles. The van der Waals surface area contributed by atoms with Crippen molar-refractivity contribution in [2.75, 3.05) is 44.4 Å². The van der Waals surface area contributed by atoms with E-state index in [2.05, 4.69) is 4.90 Å². The molecule has 0 N–H and O–H groups in total. The first kappa shape index (κ1) is 17.2. The van der Waals surface area contributed by atoms with Crippen molar-refractivity contribution in [1.29, 1.82) is 0 Å². The van der Waals surface area contributed by atoms with E-state index in [1.807, 2.05) is 12.1 Å². The molecule has 6 heteroatoms. The zero-order valence-corrected chi connectivity index (χ0v) is 14.9. The number of hydrogen-bond donors (Lipinski definition) is 0. The maximum absolute atomic E-state index is 12.7. The summed E-state index contributed by atoms with van der Waals surface area (Å²) < 4.78 is 11.2. The largest absolute Gasteiger partial charge is 0.492 e. The molecule has 0 atom stereocenters. The van der Waals surface area contributed by atoms with Gasteiger partial charge in [0.05, 0.1) is 18.9 Å². The Morgan fingerprint density at radius 3 is 2.38 bits per heavy atom. The van der Waals surface area contributed by atoms with Gasteiger partial charge in [-0.2, -0.15) is 0 Å². The lowest BCUT2D eigenvalue weighted by atomic mass is 9.93. The molecule has 1 fully saturated rings. The number of carbonyl (C=O) groups is 2. The first-order valence-corrected chi connectivity index (χ1v) is 9.38. The second-order valence-electron chi connectivity index (χ2n) is 6.91. The predicted molar refractivity (Wildman–Crippen MR) is 97.2 cm³/mol. The van der Waals surface area contributed by atoms with E-state index in [9.17, 15) is 9.59 Å². The quantitative estimate of drug-likeness (QED) is 0.757. The SMILES string of the molecule is O=C1C2=C(CCCC2)C(=O)N1c1cccc(OCCN2CCOCC2)c1. The minimum Gasteiger partial charge on any atom is -0.492 e. The Kier molecular flexibility index (Phi) is 5.04. The van der Waals surface area contributed by atoms with Crippen LogP contribution < -0.4 is 9.64 Å². The fraction of sp³-hybridized carbons (Fsp3) is 0.500. The Bertz CT molecular complexity index is 709. The minimum absolute atomic E-state index is 0.157. The first-order chi connectivity index (χ1) is 12.7. The highest BCUT2D eigenvalue weighted by Gasteiger charge is 2.39. The van der Waals surface area contributed by atoms with Crippen LogP contribution in [-0.4, -0.2) is 56.2 Å². The highest BCUT2D eigenvalue weighted by Crippen LogP contribution is 2.36. The van der Waals surface area contributed by atoms with Crippen molar-refractivity contribution in [2.45, 2.75) is 25.7 Å². The maximum Gasteiger partial charge on any atom is 0.261 e. The van der Waals surface area contributed by atoms with Gasteiger partial charge in [-0.15, -0.1) is 0 Å². The van der Waals surface area contributed by atoms with Crippen molar-refractivity contribution in [2.24, 2.45) is 0 Å². The van der Waals surface area contributed by atoms with Crippen LogP contribution in [0.2, 0.25) is 0 Å². The Morgan fingerprint density at radius 1 is 1.00 bits per heavy atom. The molecule has 0 spiro atoms. The number of morpholine rings is 1. The molecular formula is C20H24N2O4. The second kappa shape index (κ2) is 7.60. The molecule has 0 radical (unpaired) electrons. The Morgan fingerprint density at radius 2 is 1.69 bits per heavy atom. The molecule has 2 aliphatic heterocycles. The van der Waals surface area contributed by atoms with Crippen LogP contribution in [0.1, 0.15) is 25.7 Å². The van der Waals surface area contributed by atoms with Crippen LogP contribution in [0, 0.1) is 0 Å². The number of imide groups is 1. The molecule has 1 aliphatic carbocycles. The molecule has 3 aliphatic rings. The number of ether oxygens (including phenoxy) is 2. The fourth-order valence-corrected chi connectivity index (χ4v) is 3.80. The lowest BCUT2D eigenvalue weighted by Gasteiger charge is -2.26. The summed E-state index contributed by atoms with van der Waals surface area (Å²) in [5, 5.41) is 0. The molecule has 0 bridgehead atoms. The Balaban J connectivity index is 1.41. The number of amides is 2. The van der Waals surface area contributed by atoms with Crippen molar-refractivity contribution in [1.82, 2.24) is 4.90 Å². The zero-order chi connectivity index (χ0) is 17.9. The summed E-state index contributed by atoms with van der Waals surface area (Å²) in [7, 11) is 0. The van der Waals surface area contributed by atoms with Gasteiger partial charge >= 0.3 is 0 Å². The van der Waals surface area contributed by atoms with Gasteiger partial charge in [0.2, 0.25) is 0 Å². The number of anilines is 1. The summed E-state index contributed by atoms with van der Waals surface area (Å²) in [4.78, 5) is 29.0. The van der Waals surface area contributed by atoms with Gasteiger partial charge < -0.3 is 9.47 Å². The Labute approximate surface area is 153 Å². The first-order valence-electron chi connectivity index (χ1n) is 9.38. The molecule has 2 amide bonds. The van der Waals surface area contributed by atoms with Crippen molar-refractivity contribution >= 4 is 17.5 Å². The van der Waals surface area contributed by atoms with E-state index in [1.165, 1.54) is 4.90 Å². The third-order valence-electron chi connectivity index (χ3n) is 5.25. The van der Waals surface area contributed by atoms with Gasteiger partial charge in [0.1, 0.15) is 12.4 Å². The van der Waals surface area contributed by atoms with E-state index >= 15 is 0 Å². The molecule has 6 nitrogen and oxygen atoms in total. The van der Waals surface area contributed by atoms with Gasteiger partial charge in [-0.05, 0) is 37.8 Å². The summed E-state index contributed by atoms with van der Waals surface area (Å²) in [6.45, 7) is 4.80. The van der Waals surface area contributed by atoms with E-state index in [0.717, 1.165) is 45.7 Å². The number of rotatable bonds is 5. The average Bonchev–Trinajstić information content (AvgIpc) is 2.94. The monoisotopic (exact) mass is 356 g/mol. The normalized spacial score (nSPS) is 21.3. The zero-order valence-electron chi connectivity index (χ0n) is 14.9. The van der Waals surface area contributed by atoms with Crippen LogP contribution in [0.15, 0.2) is 35.4 Å². The highest BCUT2D eigenvalue weighted by molar-refractivity contribution is 6.33. The summed E-state index contributed by atoms with van der Waals surface area (Å²) in [5.74, 6) is 0.367. The lowest BCUT2D eigenvalue weighted by molar-refractivity contribution is -0.120. The predicted octanol–water partition coefficient (Wildman–Crippen LogP) is 2.14. The van der Waals surface area contributed by atoms with Crippen molar-refractivity contribution in [3.63, 3.8) is 0 Å². The van der Waals surface area contributed by atoms with Crippen molar-refractivity contribution < 1.29 is 19.1 Å². The van der Waals surface area contributed by atoms with Gasteiger partial charge in [-0.1, -0.05) is 6.07 Å². The van der Waals surface area contributed by atoms with Crippen LogP contribution in [0.5, 0.6) is 5.75 Å². The van der Waals surface area contributed by atoms with Crippen LogP contribution in [0.3, 0.4) is 0 Å². The van der Waals surface area contributed by atoms with Gasteiger partial charge in [0.25, 0.3) is 11.8 Å². The van der Waals surface area contributed by atoms with E-state index in [-0.39, 0.29) is 11.8 Å². The van der Waals surface area contributed by atoms with E-state index in [4.69, 9.17) is 9.47 Å². The number of hydrogen-bond acceptors (Lipinski definition) is 5. The minimum atomic E-state index is -0.157. The molecule has 26 heavy (non-hydrogen) atoms. The lowest BCUT2D eigenvalue weighted by Crippen LogP contribution is -2.38. The topological polar surface area (TPSA) is 59.1 Å². The van der Waals surface area contributed by atoms with E-state index in [0.29, 0.717) is 42.0 Å². The maximum atomic E-state index is 12.7. The molecule has 0 saturated carbocycles. The van der Waals surface area contributed by atoms with Gasteiger partial charge in [0.15, 0.2) is 0 Å². The molecule has 0 unspecified atom stereocenters. The fourth-order valence-electron chi connectivity index (χ4n) is 3.80. The average molecular weight is 356 g/mol. The number of carbonyl (C=O) groups excluding carboxylic acids is 2. The van der Waals surface area contributed by atoms with E-state index in [1.54, 1.807) is 12.1 Å². The molecule has 0 aromatic heterocycles. The van der Waals surface area contributed by atoms with Crippen LogP contribution >= 0.6 is 0 Å². The van der Waals surface area contributed by atoms with E-state index < -0.39 is 0 Å². The van der Waals surface area contributed by atoms with Crippen molar-refractivity contribution in [3.05, 3.63) is 35.4 Å². The molecule has 138 valence electrons. The standard InChI is InChI=1S/C20H24N2O4/c23-19-17-6-1-2-7-18(17)20(24)22(19)15-4-3-5-16(14-15)26-13-10-21-8-11-25-12-9-21/h3-5,14H,1-2,6-13H2. The third kappa shape index (κ3) is 3.39. The van der Waals surface area contributed by atoms with Crippen LogP contribution in [0.4, 0.5) is 5.69 Å². The summed E-state index contributed by atoms with van der Waals surface area (Å²) >= 11 is 0. The number of benzene rings is 1. The Hall–Kier alpha value is -2.18. The van der Waals surface area contributed by atoms with Gasteiger partial charge in [-0.25, -0.2) is 4.90 Å². The molecular weight excluding hydrogens is 332 g/mol. The molecule has 4 rings (SSSR count). The summed E-state index contributed by atoms with van der Waals surface area (Å²) in [6.07, 6.45) is 3.39.